The van der Waals surface area contributed by atoms with Crippen molar-refractivity contribution in [3.63, 3.8) is 0 Å². The topological polar surface area (TPSA) is 108 Å². The van der Waals surface area contributed by atoms with Gasteiger partial charge in [0.25, 0.3) is 5.91 Å². The van der Waals surface area contributed by atoms with Crippen molar-refractivity contribution < 1.29 is 37.0 Å². The lowest BCUT2D eigenvalue weighted by molar-refractivity contribution is -0.192. The quantitative estimate of drug-likeness (QED) is 0.485. The first-order valence-electron chi connectivity index (χ1n) is 10.9. The van der Waals surface area contributed by atoms with Crippen molar-refractivity contribution in [3.8, 4) is 11.5 Å². The number of nitrogens with zero attached hydrogens (tertiary/aromatic N) is 4. The summed E-state index contributed by atoms with van der Waals surface area (Å²) in [5, 5.41) is 9.91. The van der Waals surface area contributed by atoms with E-state index in [1.807, 2.05) is 0 Å². The first kappa shape index (κ1) is 27.3. The molecule has 1 aromatic carbocycles. The van der Waals surface area contributed by atoms with Gasteiger partial charge in [-0.05, 0) is 55.6 Å². The van der Waals surface area contributed by atoms with Crippen LogP contribution in [0.25, 0.3) is 0 Å². The minimum atomic E-state index is -5.08. The smallest absolute Gasteiger partial charge is 0.475 e. The number of rotatable bonds is 5. The number of carbonyl (C=O) groups is 2. The number of halogens is 4. The van der Waals surface area contributed by atoms with Crippen LogP contribution >= 0.6 is 0 Å². The summed E-state index contributed by atoms with van der Waals surface area (Å²) in [7, 11) is 2.09. The van der Waals surface area contributed by atoms with Crippen LogP contribution < -0.4 is 15.0 Å². The van der Waals surface area contributed by atoms with E-state index in [1.165, 1.54) is 30.5 Å². The van der Waals surface area contributed by atoms with Crippen LogP contribution in [0.3, 0.4) is 0 Å². The normalized spacial score (nSPS) is 13.8. The van der Waals surface area contributed by atoms with Crippen LogP contribution in [0.2, 0.25) is 0 Å². The first-order chi connectivity index (χ1) is 17.5. The zero-order valence-corrected chi connectivity index (χ0v) is 19.6. The van der Waals surface area contributed by atoms with E-state index in [0.29, 0.717) is 22.9 Å². The Morgan fingerprint density at radius 3 is 2.16 bits per heavy atom. The Balaban J connectivity index is 0.000000479. The lowest BCUT2D eigenvalue weighted by Gasteiger charge is -2.33. The number of benzene rings is 1. The third-order valence-electron chi connectivity index (χ3n) is 5.10. The van der Waals surface area contributed by atoms with Crippen LogP contribution in [-0.2, 0) is 4.79 Å². The Labute approximate surface area is 209 Å². The van der Waals surface area contributed by atoms with Crippen LogP contribution in [0, 0.1) is 5.82 Å². The summed E-state index contributed by atoms with van der Waals surface area (Å²) in [6.45, 7) is 3.69. The number of piperazine rings is 1. The summed E-state index contributed by atoms with van der Waals surface area (Å²) < 4.78 is 50.3. The molecule has 2 aromatic heterocycles. The fraction of sp³-hybridized carbons (Fsp3) is 0.250. The monoisotopic (exact) mass is 521 g/mol. The highest BCUT2D eigenvalue weighted by atomic mass is 19.4. The minimum Gasteiger partial charge on any atom is -0.475 e. The molecule has 196 valence electrons. The second-order valence-corrected chi connectivity index (χ2v) is 7.89. The predicted octanol–water partition coefficient (Wildman–Crippen LogP) is 4.05. The summed E-state index contributed by atoms with van der Waals surface area (Å²) in [5.74, 6) is -1.15. The van der Waals surface area contributed by atoms with Gasteiger partial charge >= 0.3 is 12.1 Å². The fourth-order valence-electron chi connectivity index (χ4n) is 3.11. The van der Waals surface area contributed by atoms with Crippen LogP contribution in [0.15, 0.2) is 60.9 Å². The molecule has 0 spiro atoms. The molecule has 1 aliphatic heterocycles. The fourth-order valence-corrected chi connectivity index (χ4v) is 3.11. The lowest BCUT2D eigenvalue weighted by atomic mass is 10.2. The van der Waals surface area contributed by atoms with Gasteiger partial charge in [0.2, 0.25) is 0 Å². The minimum absolute atomic E-state index is 0.257. The molecule has 1 fully saturated rings. The number of ether oxygens (including phenoxy) is 1. The summed E-state index contributed by atoms with van der Waals surface area (Å²) in [5.41, 5.74) is 0.521. The van der Waals surface area contributed by atoms with Gasteiger partial charge in [-0.3, -0.25) is 4.79 Å². The van der Waals surface area contributed by atoms with E-state index in [0.717, 1.165) is 32.0 Å². The average Bonchev–Trinajstić information content (AvgIpc) is 2.87. The van der Waals surface area contributed by atoms with Crippen LogP contribution in [0.5, 0.6) is 11.5 Å². The Morgan fingerprint density at radius 2 is 1.59 bits per heavy atom. The summed E-state index contributed by atoms with van der Waals surface area (Å²) in [6.07, 6.45) is -1.93. The molecule has 1 saturated heterocycles. The largest absolute Gasteiger partial charge is 0.490 e. The van der Waals surface area contributed by atoms with Crippen molar-refractivity contribution >= 4 is 23.5 Å². The first-order valence-corrected chi connectivity index (χ1v) is 10.9. The van der Waals surface area contributed by atoms with Gasteiger partial charge in [0, 0.05) is 37.9 Å². The molecule has 37 heavy (non-hydrogen) atoms. The number of pyridine rings is 2. The second-order valence-electron chi connectivity index (χ2n) is 7.89. The number of likely N-dealkylation sites (N-methyl/N-ethyl adjacent to an activating group) is 1. The van der Waals surface area contributed by atoms with Crippen LogP contribution in [0.4, 0.5) is 29.2 Å². The number of carboxylic acids is 1. The van der Waals surface area contributed by atoms with Crippen molar-refractivity contribution in [2.45, 2.75) is 6.18 Å². The summed E-state index contributed by atoms with van der Waals surface area (Å²) in [6, 6.07) is 12.5. The number of hydrogen-bond donors (Lipinski definition) is 2. The molecule has 9 nitrogen and oxygen atoms in total. The number of nitrogens with one attached hydrogen (secondary N) is 1. The molecule has 0 bridgehead atoms. The van der Waals surface area contributed by atoms with Gasteiger partial charge in [0.1, 0.15) is 29.0 Å². The highest BCUT2D eigenvalue weighted by Crippen LogP contribution is 2.22. The van der Waals surface area contributed by atoms with Crippen LogP contribution in [0.1, 0.15) is 10.4 Å². The molecule has 1 aliphatic rings. The van der Waals surface area contributed by atoms with Crippen molar-refractivity contribution in [1.29, 1.82) is 0 Å². The molecule has 13 heteroatoms. The molecule has 1 amide bonds. The molecular formula is C24H23F4N5O4. The highest BCUT2D eigenvalue weighted by molar-refractivity contribution is 6.04. The van der Waals surface area contributed by atoms with Crippen molar-refractivity contribution in [3.05, 3.63) is 72.3 Å². The zero-order valence-electron chi connectivity index (χ0n) is 19.6. The Kier molecular flexibility index (Phi) is 8.95. The van der Waals surface area contributed by atoms with E-state index in [2.05, 4.69) is 32.1 Å². The van der Waals surface area contributed by atoms with E-state index in [9.17, 15) is 22.4 Å². The Bertz CT molecular complexity index is 1200. The molecule has 3 aromatic rings. The number of carbonyl (C=O) groups excluding carboxylic acids is 1. The molecular weight excluding hydrogens is 498 g/mol. The molecule has 0 saturated carbocycles. The summed E-state index contributed by atoms with van der Waals surface area (Å²) in [4.78, 5) is 34.6. The third kappa shape index (κ3) is 8.42. The van der Waals surface area contributed by atoms with E-state index < -0.39 is 12.1 Å². The number of aromatic nitrogens is 2. The number of hydrogen-bond acceptors (Lipinski definition) is 7. The Hall–Kier alpha value is -4.26. The molecule has 0 atom stereocenters. The number of anilines is 2. The molecule has 0 aliphatic carbocycles. The maximum atomic E-state index is 13.0. The number of alkyl halides is 3. The van der Waals surface area contributed by atoms with E-state index in [1.54, 1.807) is 30.5 Å². The van der Waals surface area contributed by atoms with Gasteiger partial charge in [-0.15, -0.1) is 0 Å². The van der Waals surface area contributed by atoms with Crippen molar-refractivity contribution in [2.75, 3.05) is 43.4 Å². The van der Waals surface area contributed by atoms with E-state index in [4.69, 9.17) is 14.6 Å². The molecule has 4 rings (SSSR count). The molecule has 2 N–H and O–H groups in total. The second kappa shape index (κ2) is 12.1. The van der Waals surface area contributed by atoms with Crippen molar-refractivity contribution in [2.24, 2.45) is 0 Å². The van der Waals surface area contributed by atoms with Crippen LogP contribution in [-0.4, -0.2) is 71.3 Å². The van der Waals surface area contributed by atoms with Gasteiger partial charge in [-0.2, -0.15) is 13.2 Å². The maximum Gasteiger partial charge on any atom is 0.490 e. The van der Waals surface area contributed by atoms with Gasteiger partial charge in [0.05, 0.1) is 6.20 Å². The zero-order chi connectivity index (χ0) is 27.0. The third-order valence-corrected chi connectivity index (χ3v) is 5.10. The molecule has 0 radical (unpaired) electrons. The summed E-state index contributed by atoms with van der Waals surface area (Å²) >= 11 is 0. The van der Waals surface area contributed by atoms with Gasteiger partial charge < -0.3 is 25.0 Å². The van der Waals surface area contributed by atoms with Gasteiger partial charge in [0.15, 0.2) is 0 Å². The van der Waals surface area contributed by atoms with Crippen molar-refractivity contribution in [1.82, 2.24) is 14.9 Å². The lowest BCUT2D eigenvalue weighted by Crippen LogP contribution is -2.44. The standard InChI is InChI=1S/C22H22FN5O2.C2HF3O2/c1-27-10-12-28(13-11-27)21-14-16(8-9-24-21)22(29)26-20-7-6-19(15-25-20)30-18-4-2-17(23)3-5-18;3-2(4,5)1(6)7/h2-9,14-15H,10-13H2,1H3,(H,25,26,29);(H,6,7). The molecule has 0 unspecified atom stereocenters. The Morgan fingerprint density at radius 1 is 0.973 bits per heavy atom. The number of aliphatic carboxylic acids is 1. The van der Waals surface area contributed by atoms with Gasteiger partial charge in [-0.25, -0.2) is 19.2 Å². The average molecular weight is 521 g/mol. The van der Waals surface area contributed by atoms with E-state index in [-0.39, 0.29) is 11.7 Å². The van der Waals surface area contributed by atoms with E-state index >= 15 is 0 Å². The van der Waals surface area contributed by atoms with Gasteiger partial charge in [-0.1, -0.05) is 0 Å². The maximum absolute atomic E-state index is 13.0. The number of carboxylic acid groups (broad SMARTS) is 1. The number of amides is 1. The SMILES string of the molecule is CN1CCN(c2cc(C(=O)Nc3ccc(Oc4ccc(F)cc4)cn3)ccn2)CC1.O=C(O)C(F)(F)F. The highest BCUT2D eigenvalue weighted by Gasteiger charge is 2.38. The molecule has 3 heterocycles. The predicted molar refractivity (Wildman–Crippen MR) is 126 cm³/mol.